The van der Waals surface area contributed by atoms with Crippen molar-refractivity contribution >= 4 is 8.32 Å². The van der Waals surface area contributed by atoms with Gasteiger partial charge in [-0.05, 0) is 36.0 Å². The first-order chi connectivity index (χ1) is 16.3. The van der Waals surface area contributed by atoms with Crippen LogP contribution in [0.3, 0.4) is 0 Å². The van der Waals surface area contributed by atoms with Crippen LogP contribution >= 0.6 is 0 Å². The highest BCUT2D eigenvalue weighted by atomic mass is 28.4. The largest absolute Gasteiger partial charge is 0.413 e. The summed E-state index contributed by atoms with van der Waals surface area (Å²) in [6, 6.07) is 8.55. The van der Waals surface area contributed by atoms with E-state index >= 15 is 0 Å². The third kappa shape index (κ3) is 7.81. The standard InChI is InChI=1S/C26H45NO7Si/c1-18(2)35(19(3)4,20(5)6)32-16-23(28)22(27(29)30)14-24-25(34-26(7,8)33-24)17-31-15-21-12-10-9-11-13-21/h9-13,18-20,22-25,28H,14-17H2,1-8H3/t22?,23?,24-,25-/m1/s1. The highest BCUT2D eigenvalue weighted by Crippen LogP contribution is 2.42. The normalized spacial score (nSPS) is 22.2. The Morgan fingerprint density at radius 2 is 1.57 bits per heavy atom. The number of aliphatic hydroxyl groups is 1. The van der Waals surface area contributed by atoms with Crippen LogP contribution in [0, 0.1) is 10.1 Å². The predicted molar refractivity (Wildman–Crippen MR) is 138 cm³/mol. The molecular formula is C26H45NO7Si. The molecule has 1 aromatic carbocycles. The second-order valence-electron chi connectivity index (χ2n) is 11.0. The maximum absolute atomic E-state index is 12.0. The van der Waals surface area contributed by atoms with E-state index in [4.69, 9.17) is 18.6 Å². The van der Waals surface area contributed by atoms with Gasteiger partial charge in [0.15, 0.2) is 14.1 Å². The van der Waals surface area contributed by atoms with Crippen LogP contribution in [-0.2, 0) is 25.2 Å². The fourth-order valence-corrected chi connectivity index (χ4v) is 11.0. The molecule has 1 aliphatic rings. The van der Waals surface area contributed by atoms with Crippen molar-refractivity contribution in [3.8, 4) is 0 Å². The molecule has 8 nitrogen and oxygen atoms in total. The molecule has 0 amide bonds. The molecule has 0 radical (unpaired) electrons. The van der Waals surface area contributed by atoms with Crippen LogP contribution in [-0.4, -0.2) is 61.7 Å². The van der Waals surface area contributed by atoms with Crippen molar-refractivity contribution in [1.29, 1.82) is 0 Å². The summed E-state index contributed by atoms with van der Waals surface area (Å²) in [6.07, 6.45) is -2.28. The van der Waals surface area contributed by atoms with Gasteiger partial charge in [0.25, 0.3) is 0 Å². The van der Waals surface area contributed by atoms with Crippen molar-refractivity contribution in [2.75, 3.05) is 13.2 Å². The second kappa shape index (κ2) is 12.7. The molecule has 0 bridgehead atoms. The summed E-state index contributed by atoms with van der Waals surface area (Å²) in [5.41, 5.74) is 2.00. The Morgan fingerprint density at radius 1 is 1.03 bits per heavy atom. The lowest BCUT2D eigenvalue weighted by molar-refractivity contribution is -0.537. The van der Waals surface area contributed by atoms with Gasteiger partial charge in [-0.1, -0.05) is 71.9 Å². The number of aliphatic hydroxyl groups excluding tert-OH is 1. The zero-order chi connectivity index (χ0) is 26.4. The van der Waals surface area contributed by atoms with Crippen molar-refractivity contribution in [2.24, 2.45) is 0 Å². The third-order valence-electron chi connectivity index (χ3n) is 7.08. The van der Waals surface area contributed by atoms with Gasteiger partial charge in [-0.2, -0.15) is 0 Å². The van der Waals surface area contributed by atoms with Gasteiger partial charge in [0.05, 0.1) is 25.9 Å². The second-order valence-corrected chi connectivity index (χ2v) is 16.5. The Balaban J connectivity index is 2.06. The molecule has 1 N–H and O–H groups in total. The number of nitrogens with zero attached hydrogens (tertiary/aromatic N) is 1. The van der Waals surface area contributed by atoms with Gasteiger partial charge in [-0.15, -0.1) is 0 Å². The average molecular weight is 512 g/mol. The van der Waals surface area contributed by atoms with Crippen LogP contribution in [0.4, 0.5) is 0 Å². The average Bonchev–Trinajstić information content (AvgIpc) is 3.05. The van der Waals surface area contributed by atoms with E-state index in [1.807, 2.05) is 30.3 Å². The maximum atomic E-state index is 12.0. The van der Waals surface area contributed by atoms with Gasteiger partial charge in [0.2, 0.25) is 6.04 Å². The number of ether oxygens (including phenoxy) is 3. The summed E-state index contributed by atoms with van der Waals surface area (Å²) < 4.78 is 24.3. The lowest BCUT2D eigenvalue weighted by Gasteiger charge is -2.42. The van der Waals surface area contributed by atoms with E-state index in [1.54, 1.807) is 13.8 Å². The summed E-state index contributed by atoms with van der Waals surface area (Å²) in [7, 11) is -2.26. The van der Waals surface area contributed by atoms with Crippen molar-refractivity contribution in [2.45, 2.75) is 115 Å². The van der Waals surface area contributed by atoms with Crippen LogP contribution in [0.15, 0.2) is 30.3 Å². The van der Waals surface area contributed by atoms with Crippen LogP contribution in [0.5, 0.6) is 0 Å². The summed E-state index contributed by atoms with van der Waals surface area (Å²) >= 11 is 0. The highest BCUT2D eigenvalue weighted by Gasteiger charge is 2.48. The number of nitro groups is 1. The number of hydrogen-bond donors (Lipinski definition) is 1. The molecule has 9 heteroatoms. The van der Waals surface area contributed by atoms with Gasteiger partial charge in [0, 0.05) is 11.3 Å². The number of benzene rings is 1. The lowest BCUT2D eigenvalue weighted by atomic mass is 10.0. The Hall–Kier alpha value is -1.36. The van der Waals surface area contributed by atoms with Crippen molar-refractivity contribution in [3.05, 3.63) is 46.0 Å². The van der Waals surface area contributed by atoms with Crippen LogP contribution in [0.25, 0.3) is 0 Å². The summed E-state index contributed by atoms with van der Waals surface area (Å²) in [5, 5.41) is 22.9. The SMILES string of the molecule is CC(C)[Si](OCC(O)C(C[C@H]1OC(C)(C)O[C@@H]1COCc1ccccc1)[N+](=O)[O-])(C(C)C)C(C)C. The Kier molecular flexibility index (Phi) is 10.9. The summed E-state index contributed by atoms with van der Waals surface area (Å²) in [5.74, 6) is -0.886. The van der Waals surface area contributed by atoms with Gasteiger partial charge in [-0.25, -0.2) is 0 Å². The molecule has 1 aromatic rings. The van der Waals surface area contributed by atoms with Gasteiger partial charge < -0.3 is 23.7 Å². The monoisotopic (exact) mass is 511 g/mol. The first kappa shape index (κ1) is 29.9. The van der Waals surface area contributed by atoms with Gasteiger partial charge >= 0.3 is 0 Å². The van der Waals surface area contributed by atoms with Crippen molar-refractivity contribution in [3.63, 3.8) is 0 Å². The minimum Gasteiger partial charge on any atom is -0.413 e. The van der Waals surface area contributed by atoms with Gasteiger partial charge in [-0.3, -0.25) is 10.1 Å². The van der Waals surface area contributed by atoms with Crippen molar-refractivity contribution < 1.29 is 28.7 Å². The first-order valence-corrected chi connectivity index (χ1v) is 14.9. The molecule has 200 valence electrons. The maximum Gasteiger partial charge on any atom is 0.243 e. The van der Waals surface area contributed by atoms with E-state index in [2.05, 4.69) is 41.5 Å². The molecule has 35 heavy (non-hydrogen) atoms. The number of hydrogen-bond acceptors (Lipinski definition) is 7. The van der Waals surface area contributed by atoms with Crippen LogP contribution < -0.4 is 0 Å². The van der Waals surface area contributed by atoms with E-state index < -0.39 is 43.4 Å². The third-order valence-corrected chi connectivity index (χ3v) is 13.2. The molecule has 0 spiro atoms. The van der Waals surface area contributed by atoms with E-state index in [9.17, 15) is 15.2 Å². The van der Waals surface area contributed by atoms with E-state index in [0.717, 1.165) is 5.56 Å². The quantitative estimate of drug-likeness (QED) is 0.205. The Morgan fingerprint density at radius 3 is 2.09 bits per heavy atom. The summed E-state index contributed by atoms with van der Waals surface area (Å²) in [4.78, 5) is 11.6. The van der Waals surface area contributed by atoms with Gasteiger partial charge in [0.1, 0.15) is 12.2 Å². The van der Waals surface area contributed by atoms with E-state index in [1.165, 1.54) is 0 Å². The van der Waals surface area contributed by atoms with E-state index in [0.29, 0.717) is 23.2 Å². The zero-order valence-electron chi connectivity index (χ0n) is 22.6. The predicted octanol–water partition coefficient (Wildman–Crippen LogP) is 5.31. The highest BCUT2D eigenvalue weighted by molar-refractivity contribution is 6.77. The Labute approximate surface area is 211 Å². The lowest BCUT2D eigenvalue weighted by Crippen LogP contribution is -2.51. The molecule has 2 rings (SSSR count). The molecule has 1 saturated heterocycles. The minimum absolute atomic E-state index is 0.0138. The molecule has 4 atom stereocenters. The minimum atomic E-state index is -2.26. The van der Waals surface area contributed by atoms with E-state index in [-0.39, 0.29) is 19.6 Å². The fourth-order valence-electron chi connectivity index (χ4n) is 5.58. The van der Waals surface area contributed by atoms with Crippen LogP contribution in [0.1, 0.15) is 67.4 Å². The smallest absolute Gasteiger partial charge is 0.243 e. The summed E-state index contributed by atoms with van der Waals surface area (Å²) in [6.45, 7) is 17.1. The molecule has 1 aliphatic heterocycles. The topological polar surface area (TPSA) is 100 Å². The molecule has 1 fully saturated rings. The molecule has 0 aromatic heterocycles. The molecule has 1 heterocycles. The zero-order valence-corrected chi connectivity index (χ0v) is 23.6. The molecular weight excluding hydrogens is 466 g/mol. The van der Waals surface area contributed by atoms with Crippen LogP contribution in [0.2, 0.25) is 16.6 Å². The molecule has 0 saturated carbocycles. The van der Waals surface area contributed by atoms with Crippen molar-refractivity contribution in [1.82, 2.24) is 0 Å². The molecule has 0 aliphatic carbocycles. The molecule has 2 unspecified atom stereocenters. The number of rotatable bonds is 14. The fraction of sp³-hybridized carbons (Fsp3) is 0.769. The Bertz CT molecular complexity index is 765. The first-order valence-electron chi connectivity index (χ1n) is 12.7.